The maximum Gasteiger partial charge on any atom is 0.436 e. The summed E-state index contributed by atoms with van der Waals surface area (Å²) in [6, 6.07) is 4.70. The molecule has 4 rings (SSSR count). The van der Waals surface area contributed by atoms with Crippen molar-refractivity contribution < 1.29 is 33.4 Å². The number of nitrogens with one attached hydrogen (secondary N) is 1. The van der Waals surface area contributed by atoms with Crippen LogP contribution >= 0.6 is 0 Å². The number of hydrogen-bond acceptors (Lipinski definition) is 8. The van der Waals surface area contributed by atoms with E-state index < -0.39 is 30.4 Å². The summed E-state index contributed by atoms with van der Waals surface area (Å²) in [6.45, 7) is -0.250. The van der Waals surface area contributed by atoms with Gasteiger partial charge in [-0.15, -0.1) is 0 Å². The van der Waals surface area contributed by atoms with Gasteiger partial charge in [-0.05, 0) is 37.1 Å². The first kappa shape index (κ1) is 21.9. The van der Waals surface area contributed by atoms with Gasteiger partial charge in [-0.3, -0.25) is 4.84 Å². The molecule has 1 aromatic carbocycles. The summed E-state index contributed by atoms with van der Waals surface area (Å²) in [5.41, 5.74) is 2.47. The number of aliphatic hydroxyl groups is 2. The number of hydroxylamine groups is 1. The van der Waals surface area contributed by atoms with E-state index >= 15 is 0 Å². The Kier molecular flexibility index (Phi) is 6.44. The van der Waals surface area contributed by atoms with Gasteiger partial charge in [0.05, 0.1) is 18.8 Å². The molecule has 3 aromatic rings. The molecule has 0 unspecified atom stereocenters. The average molecular weight is 449 g/mol. The van der Waals surface area contributed by atoms with Crippen LogP contribution in [0.5, 0.6) is 5.75 Å². The summed E-state index contributed by atoms with van der Waals surface area (Å²) in [5.74, 6) is -0.455. The second kappa shape index (κ2) is 9.42. The van der Waals surface area contributed by atoms with Gasteiger partial charge in [0.2, 0.25) is 5.65 Å². The molecular weight excluding hydrogens is 428 g/mol. The second-order valence-electron chi connectivity index (χ2n) is 7.22. The van der Waals surface area contributed by atoms with Crippen molar-refractivity contribution in [2.24, 2.45) is 0 Å². The van der Waals surface area contributed by atoms with E-state index in [1.54, 1.807) is 12.3 Å². The molecule has 12 heteroatoms. The molecule has 10 nitrogen and oxygen atoms in total. The lowest BCUT2D eigenvalue weighted by Crippen LogP contribution is -2.31. The Morgan fingerprint density at radius 2 is 2.19 bits per heavy atom. The third-order valence-electron chi connectivity index (χ3n) is 5.03. The Hall–Kier alpha value is -3.35. The summed E-state index contributed by atoms with van der Waals surface area (Å²) in [7, 11) is 0. The Morgan fingerprint density at radius 1 is 1.34 bits per heavy atom. The zero-order chi connectivity index (χ0) is 22.7. The fourth-order valence-corrected chi connectivity index (χ4v) is 3.57. The van der Waals surface area contributed by atoms with Crippen LogP contribution in [0.1, 0.15) is 24.4 Å². The molecule has 3 N–H and O–H groups in total. The lowest BCUT2D eigenvalue weighted by Gasteiger charge is -2.26. The van der Waals surface area contributed by atoms with Crippen LogP contribution < -0.4 is 15.1 Å². The summed E-state index contributed by atoms with van der Waals surface area (Å²) in [5, 5.41) is 22.0. The number of aliphatic hydroxyl groups excluding tert-OH is 2. The van der Waals surface area contributed by atoms with Crippen LogP contribution in [0.3, 0.4) is 0 Å². The van der Waals surface area contributed by atoms with E-state index in [9.17, 15) is 18.7 Å². The second-order valence-corrected chi connectivity index (χ2v) is 7.22. The lowest BCUT2D eigenvalue weighted by molar-refractivity contribution is -0.0290. The van der Waals surface area contributed by atoms with Gasteiger partial charge in [-0.1, -0.05) is 0 Å². The van der Waals surface area contributed by atoms with E-state index in [4.69, 9.17) is 14.7 Å². The van der Waals surface area contributed by atoms with Crippen molar-refractivity contribution in [1.29, 1.82) is 0 Å². The molecule has 0 aliphatic carbocycles. The lowest BCUT2D eigenvalue weighted by atomic mass is 10.0. The molecule has 1 amide bonds. The van der Waals surface area contributed by atoms with Crippen LogP contribution in [0.2, 0.25) is 0 Å². The highest BCUT2D eigenvalue weighted by molar-refractivity contribution is 5.72. The van der Waals surface area contributed by atoms with Gasteiger partial charge in [0, 0.05) is 18.3 Å². The van der Waals surface area contributed by atoms with Crippen LogP contribution in [-0.4, -0.2) is 56.8 Å². The van der Waals surface area contributed by atoms with Crippen molar-refractivity contribution in [3.63, 3.8) is 0 Å². The summed E-state index contributed by atoms with van der Waals surface area (Å²) in [6.07, 6.45) is 2.20. The first-order valence-corrected chi connectivity index (χ1v) is 9.90. The van der Waals surface area contributed by atoms with Crippen molar-refractivity contribution in [3.05, 3.63) is 53.9 Å². The molecule has 0 saturated carbocycles. The van der Waals surface area contributed by atoms with E-state index in [2.05, 4.69) is 10.1 Å². The van der Waals surface area contributed by atoms with E-state index in [1.807, 2.05) is 10.4 Å². The van der Waals surface area contributed by atoms with Crippen LogP contribution in [-0.2, 0) is 4.84 Å². The zero-order valence-electron chi connectivity index (χ0n) is 16.8. The topological polar surface area (TPSA) is 121 Å². The zero-order valence-corrected chi connectivity index (χ0v) is 16.8. The summed E-state index contributed by atoms with van der Waals surface area (Å²) < 4.78 is 34.6. The third kappa shape index (κ3) is 4.61. The van der Waals surface area contributed by atoms with Gasteiger partial charge in [-0.25, -0.2) is 23.1 Å². The molecular formula is C20H21F2N5O5. The maximum absolute atomic E-state index is 14.4. The third-order valence-corrected chi connectivity index (χ3v) is 5.03. The molecule has 1 fully saturated rings. The fourth-order valence-electron chi connectivity index (χ4n) is 3.57. The molecule has 3 heterocycles. The van der Waals surface area contributed by atoms with Gasteiger partial charge >= 0.3 is 6.09 Å². The number of amides is 1. The number of aromatic nitrogens is 3. The molecule has 1 saturated heterocycles. The number of carbonyl (C=O) groups excluding carboxylic acids is 1. The van der Waals surface area contributed by atoms with Crippen molar-refractivity contribution in [2.75, 3.05) is 24.7 Å². The van der Waals surface area contributed by atoms with Crippen LogP contribution in [0.4, 0.5) is 19.4 Å². The smallest absolute Gasteiger partial charge is 0.403 e. The number of anilines is 1. The highest BCUT2D eigenvalue weighted by Crippen LogP contribution is 2.37. The summed E-state index contributed by atoms with van der Waals surface area (Å²) >= 11 is 0. The highest BCUT2D eigenvalue weighted by Gasteiger charge is 2.30. The average Bonchev–Trinajstić information content (AvgIpc) is 3.42. The number of ether oxygens (including phenoxy) is 1. The molecule has 1 aliphatic rings. The van der Waals surface area contributed by atoms with Gasteiger partial charge in [0.15, 0.2) is 5.75 Å². The Bertz CT molecular complexity index is 1110. The standard InChI is InChI=1S/C20H21F2N5O5/c21-12-3-4-15(22)14(8-12)16-2-1-6-26(16)18-5-7-27-19(24-18)17(9-23-27)32-20(30)25-31-11-13(29)10-28/h3-5,7-9,13,16,28-29H,1-2,6,10-11H2,(H,25,30)/t13-,16+/m0/s1. The Balaban J connectivity index is 1.53. The maximum atomic E-state index is 14.4. The van der Waals surface area contributed by atoms with Crippen LogP contribution in [0.25, 0.3) is 5.65 Å². The van der Waals surface area contributed by atoms with Gasteiger partial charge in [0.1, 0.15) is 30.2 Å². The normalized spacial score (nSPS) is 17.0. The van der Waals surface area contributed by atoms with Crippen molar-refractivity contribution in [1.82, 2.24) is 20.1 Å². The molecule has 0 spiro atoms. The van der Waals surface area contributed by atoms with Crippen molar-refractivity contribution >= 4 is 17.6 Å². The predicted molar refractivity (Wildman–Crippen MR) is 107 cm³/mol. The largest absolute Gasteiger partial charge is 0.436 e. The number of rotatable bonds is 7. The summed E-state index contributed by atoms with van der Waals surface area (Å²) in [4.78, 5) is 23.0. The molecule has 1 aliphatic heterocycles. The van der Waals surface area contributed by atoms with Crippen LogP contribution in [0, 0.1) is 11.6 Å². The number of carbonyl (C=O) groups is 1. The fraction of sp³-hybridized carbons (Fsp3) is 0.350. The number of fused-ring (bicyclic) bond motifs is 1. The molecule has 2 aromatic heterocycles. The number of hydrogen-bond donors (Lipinski definition) is 3. The van der Waals surface area contributed by atoms with E-state index in [1.165, 1.54) is 16.8 Å². The molecule has 0 bridgehead atoms. The minimum Gasteiger partial charge on any atom is -0.403 e. The quantitative estimate of drug-likeness (QED) is 0.467. The van der Waals surface area contributed by atoms with Gasteiger partial charge < -0.3 is 19.8 Å². The van der Waals surface area contributed by atoms with Gasteiger partial charge in [-0.2, -0.15) is 10.6 Å². The molecule has 0 radical (unpaired) electrons. The molecule has 32 heavy (non-hydrogen) atoms. The van der Waals surface area contributed by atoms with E-state index in [-0.39, 0.29) is 29.6 Å². The molecule has 2 atom stereocenters. The SMILES string of the molecule is O=C(NOC[C@@H](O)CO)Oc1cnn2ccc(N3CCC[C@@H]3c3cc(F)ccc3F)nc12. The van der Waals surface area contributed by atoms with Crippen molar-refractivity contribution in [2.45, 2.75) is 25.0 Å². The predicted octanol–water partition coefficient (Wildman–Crippen LogP) is 1.72. The minimum atomic E-state index is -1.15. The van der Waals surface area contributed by atoms with Crippen molar-refractivity contribution in [3.8, 4) is 5.75 Å². The number of nitrogens with zero attached hydrogens (tertiary/aromatic N) is 4. The van der Waals surface area contributed by atoms with Gasteiger partial charge in [0.25, 0.3) is 0 Å². The first-order chi connectivity index (χ1) is 15.5. The Labute approximate surface area is 180 Å². The van der Waals surface area contributed by atoms with Crippen LogP contribution in [0.15, 0.2) is 36.7 Å². The van der Waals surface area contributed by atoms with E-state index in [0.29, 0.717) is 18.8 Å². The molecule has 170 valence electrons. The first-order valence-electron chi connectivity index (χ1n) is 9.90. The monoisotopic (exact) mass is 449 g/mol. The number of halogens is 2. The van der Waals surface area contributed by atoms with E-state index in [0.717, 1.165) is 18.6 Å². The highest BCUT2D eigenvalue weighted by atomic mass is 19.1. The Morgan fingerprint density at radius 3 is 3.00 bits per heavy atom. The minimum absolute atomic E-state index is 0.0448. The number of benzene rings is 1.